The number of halogens is 1. The van der Waals surface area contributed by atoms with Crippen molar-refractivity contribution in [1.82, 2.24) is 10.3 Å². The van der Waals surface area contributed by atoms with Crippen molar-refractivity contribution < 1.29 is 0 Å². The van der Waals surface area contributed by atoms with Gasteiger partial charge in [0.2, 0.25) is 0 Å². The third kappa shape index (κ3) is 3.08. The summed E-state index contributed by atoms with van der Waals surface area (Å²) < 4.78 is 1.17. The Kier molecular flexibility index (Phi) is 4.15. The highest BCUT2D eigenvalue weighted by atomic mass is 35.5. The normalized spacial score (nSPS) is 20.0. The first-order chi connectivity index (χ1) is 9.61. The van der Waals surface area contributed by atoms with Gasteiger partial charge in [0.1, 0.15) is 0 Å². The van der Waals surface area contributed by atoms with Crippen LogP contribution in [0.25, 0.3) is 10.2 Å². The summed E-state index contributed by atoms with van der Waals surface area (Å²) in [7, 11) is 0. The zero-order valence-electron chi connectivity index (χ0n) is 11.9. The van der Waals surface area contributed by atoms with Crippen molar-refractivity contribution in [2.45, 2.75) is 26.3 Å². The molecule has 3 rings (SSSR count). The van der Waals surface area contributed by atoms with Crippen LogP contribution >= 0.6 is 22.9 Å². The van der Waals surface area contributed by atoms with Crippen LogP contribution in [-0.2, 0) is 0 Å². The van der Waals surface area contributed by atoms with E-state index in [4.69, 9.17) is 16.6 Å². The molecule has 0 saturated carbocycles. The quantitative estimate of drug-likeness (QED) is 0.935. The summed E-state index contributed by atoms with van der Waals surface area (Å²) in [5.74, 6) is 0.724. The van der Waals surface area contributed by atoms with E-state index in [1.54, 1.807) is 11.3 Å². The summed E-state index contributed by atoms with van der Waals surface area (Å²) in [6.07, 6.45) is 1.22. The van der Waals surface area contributed by atoms with Gasteiger partial charge in [-0.15, -0.1) is 0 Å². The van der Waals surface area contributed by atoms with Crippen molar-refractivity contribution >= 4 is 38.3 Å². The van der Waals surface area contributed by atoms with Gasteiger partial charge in [-0.25, -0.2) is 4.98 Å². The lowest BCUT2D eigenvalue weighted by molar-refractivity contribution is 0.388. The standard InChI is InChI=1S/C15H20ClN3S/c1-10(2)7-12-9-19(6-5-17-12)15-18-13-4-3-11(16)8-14(13)20-15/h3-4,8,10,12,17H,5-7,9H2,1-2H3/t12-/m1/s1. The lowest BCUT2D eigenvalue weighted by Crippen LogP contribution is -2.51. The van der Waals surface area contributed by atoms with Gasteiger partial charge in [0, 0.05) is 30.7 Å². The molecule has 0 amide bonds. The van der Waals surface area contributed by atoms with E-state index in [0.717, 1.165) is 41.2 Å². The first kappa shape index (κ1) is 14.1. The van der Waals surface area contributed by atoms with Gasteiger partial charge < -0.3 is 10.2 Å². The summed E-state index contributed by atoms with van der Waals surface area (Å²) >= 11 is 7.79. The number of anilines is 1. The minimum Gasteiger partial charge on any atom is -0.345 e. The molecule has 1 atom stereocenters. The molecule has 1 N–H and O–H groups in total. The molecule has 1 aliphatic rings. The molecule has 0 radical (unpaired) electrons. The molecule has 1 aromatic heterocycles. The van der Waals surface area contributed by atoms with E-state index in [1.165, 1.54) is 11.1 Å². The number of piperazine rings is 1. The molecule has 0 bridgehead atoms. The second-order valence-electron chi connectivity index (χ2n) is 5.84. The van der Waals surface area contributed by atoms with Crippen molar-refractivity contribution in [2.75, 3.05) is 24.5 Å². The topological polar surface area (TPSA) is 28.2 Å². The van der Waals surface area contributed by atoms with Gasteiger partial charge in [0.15, 0.2) is 5.13 Å². The van der Waals surface area contributed by atoms with E-state index in [9.17, 15) is 0 Å². The lowest BCUT2D eigenvalue weighted by Gasteiger charge is -2.34. The summed E-state index contributed by atoms with van der Waals surface area (Å²) in [6, 6.07) is 6.49. The van der Waals surface area contributed by atoms with Gasteiger partial charge >= 0.3 is 0 Å². The van der Waals surface area contributed by atoms with E-state index in [-0.39, 0.29) is 0 Å². The maximum atomic E-state index is 6.05. The fourth-order valence-electron chi connectivity index (χ4n) is 2.75. The fourth-order valence-corrected chi connectivity index (χ4v) is 4.02. The van der Waals surface area contributed by atoms with Gasteiger partial charge in [0.05, 0.1) is 10.2 Å². The highest BCUT2D eigenvalue weighted by molar-refractivity contribution is 7.22. The predicted octanol–water partition coefficient (Wildman–Crippen LogP) is 3.77. The van der Waals surface area contributed by atoms with E-state index in [1.807, 2.05) is 18.2 Å². The third-order valence-corrected chi connectivity index (χ3v) is 4.94. The fraction of sp³-hybridized carbons (Fsp3) is 0.533. The smallest absolute Gasteiger partial charge is 0.186 e. The molecule has 1 aromatic carbocycles. The number of thiazole rings is 1. The Balaban J connectivity index is 1.79. The van der Waals surface area contributed by atoms with Crippen LogP contribution in [0.5, 0.6) is 0 Å². The van der Waals surface area contributed by atoms with Gasteiger partial charge in [-0.1, -0.05) is 36.8 Å². The van der Waals surface area contributed by atoms with E-state index >= 15 is 0 Å². The molecule has 5 heteroatoms. The molecular formula is C15H20ClN3S. The first-order valence-electron chi connectivity index (χ1n) is 7.16. The Morgan fingerprint density at radius 1 is 1.50 bits per heavy atom. The molecule has 1 fully saturated rings. The van der Waals surface area contributed by atoms with E-state index in [2.05, 4.69) is 24.1 Å². The van der Waals surface area contributed by atoms with Crippen LogP contribution in [-0.4, -0.2) is 30.7 Å². The molecule has 2 heterocycles. The predicted molar refractivity (Wildman–Crippen MR) is 88.1 cm³/mol. The number of hydrogen-bond acceptors (Lipinski definition) is 4. The summed E-state index contributed by atoms with van der Waals surface area (Å²) in [6.45, 7) is 7.67. The zero-order chi connectivity index (χ0) is 14.1. The average molecular weight is 310 g/mol. The number of fused-ring (bicyclic) bond motifs is 1. The molecular weight excluding hydrogens is 290 g/mol. The Labute approximate surface area is 128 Å². The molecule has 1 saturated heterocycles. The largest absolute Gasteiger partial charge is 0.345 e. The minimum atomic E-state index is 0.569. The summed E-state index contributed by atoms with van der Waals surface area (Å²) in [4.78, 5) is 7.15. The number of nitrogens with zero attached hydrogens (tertiary/aromatic N) is 2. The molecule has 0 spiro atoms. The highest BCUT2D eigenvalue weighted by Gasteiger charge is 2.22. The molecule has 20 heavy (non-hydrogen) atoms. The van der Waals surface area contributed by atoms with Gasteiger partial charge in [-0.2, -0.15) is 0 Å². The van der Waals surface area contributed by atoms with Gasteiger partial charge in [-0.05, 0) is 30.5 Å². The minimum absolute atomic E-state index is 0.569. The summed E-state index contributed by atoms with van der Waals surface area (Å²) in [5.41, 5.74) is 1.05. The second kappa shape index (κ2) is 5.88. The van der Waals surface area contributed by atoms with Crippen LogP contribution in [0.15, 0.2) is 18.2 Å². The van der Waals surface area contributed by atoms with Crippen LogP contribution in [0.2, 0.25) is 5.02 Å². The molecule has 0 unspecified atom stereocenters. The maximum absolute atomic E-state index is 6.05. The number of nitrogens with one attached hydrogen (secondary N) is 1. The summed E-state index contributed by atoms with van der Waals surface area (Å²) in [5, 5.41) is 5.51. The van der Waals surface area contributed by atoms with E-state index < -0.39 is 0 Å². The van der Waals surface area contributed by atoms with Crippen molar-refractivity contribution in [2.24, 2.45) is 5.92 Å². The maximum Gasteiger partial charge on any atom is 0.186 e. The van der Waals surface area contributed by atoms with Crippen molar-refractivity contribution in [3.63, 3.8) is 0 Å². The lowest BCUT2D eigenvalue weighted by atomic mass is 10.0. The molecule has 2 aromatic rings. The number of benzene rings is 1. The van der Waals surface area contributed by atoms with Gasteiger partial charge in [0.25, 0.3) is 0 Å². The first-order valence-corrected chi connectivity index (χ1v) is 8.35. The van der Waals surface area contributed by atoms with E-state index in [0.29, 0.717) is 6.04 Å². The zero-order valence-corrected chi connectivity index (χ0v) is 13.5. The Hall–Kier alpha value is -0.840. The SMILES string of the molecule is CC(C)C[C@@H]1CN(c2nc3ccc(Cl)cc3s2)CCN1. The average Bonchev–Trinajstić information content (AvgIpc) is 2.81. The Morgan fingerprint density at radius 2 is 2.35 bits per heavy atom. The Bertz CT molecular complexity index is 596. The second-order valence-corrected chi connectivity index (χ2v) is 7.28. The van der Waals surface area contributed by atoms with Gasteiger partial charge in [-0.3, -0.25) is 0 Å². The monoisotopic (exact) mass is 309 g/mol. The number of hydrogen-bond donors (Lipinski definition) is 1. The van der Waals surface area contributed by atoms with Crippen LogP contribution in [0.4, 0.5) is 5.13 Å². The van der Waals surface area contributed by atoms with Crippen molar-refractivity contribution in [3.8, 4) is 0 Å². The van der Waals surface area contributed by atoms with Crippen LogP contribution < -0.4 is 10.2 Å². The molecule has 1 aliphatic heterocycles. The van der Waals surface area contributed by atoms with Crippen molar-refractivity contribution in [1.29, 1.82) is 0 Å². The molecule has 3 nitrogen and oxygen atoms in total. The molecule has 0 aliphatic carbocycles. The van der Waals surface area contributed by atoms with Crippen LogP contribution in [0.1, 0.15) is 20.3 Å². The van der Waals surface area contributed by atoms with Crippen molar-refractivity contribution in [3.05, 3.63) is 23.2 Å². The number of rotatable bonds is 3. The van der Waals surface area contributed by atoms with Crippen LogP contribution in [0.3, 0.4) is 0 Å². The number of aromatic nitrogens is 1. The molecule has 108 valence electrons. The Morgan fingerprint density at radius 3 is 3.15 bits per heavy atom. The third-order valence-electron chi connectivity index (χ3n) is 3.62. The highest BCUT2D eigenvalue weighted by Crippen LogP contribution is 2.31. The van der Waals surface area contributed by atoms with Crippen LogP contribution in [0, 0.1) is 5.92 Å².